The minimum atomic E-state index is -0.0169. The number of nitrogens with zero attached hydrogens (tertiary/aromatic N) is 2. The molecule has 0 aliphatic rings. The summed E-state index contributed by atoms with van der Waals surface area (Å²) in [5.41, 5.74) is 2.45. The lowest BCUT2D eigenvalue weighted by Crippen LogP contribution is -2.19. The maximum atomic E-state index is 12.6. The van der Waals surface area contributed by atoms with Crippen molar-refractivity contribution in [3.8, 4) is 16.8 Å². The molecule has 3 rings (SSSR count). The molecular formula is C16H13BrN2O. The molecule has 2 aromatic carbocycles. The highest BCUT2D eigenvalue weighted by Gasteiger charge is 2.12. The van der Waals surface area contributed by atoms with Crippen molar-refractivity contribution in [2.45, 2.75) is 0 Å². The third kappa shape index (κ3) is 2.23. The Bertz CT molecular complexity index is 803. The van der Waals surface area contributed by atoms with Crippen LogP contribution in [0.25, 0.3) is 16.8 Å². The summed E-state index contributed by atoms with van der Waals surface area (Å²) < 4.78 is 4.44. The zero-order valence-electron chi connectivity index (χ0n) is 11.0. The van der Waals surface area contributed by atoms with Crippen LogP contribution in [0.2, 0.25) is 0 Å². The fourth-order valence-corrected chi connectivity index (χ4v) is 2.68. The van der Waals surface area contributed by atoms with Crippen molar-refractivity contribution in [2.75, 3.05) is 0 Å². The second-order valence-electron chi connectivity index (χ2n) is 4.58. The van der Waals surface area contributed by atoms with Gasteiger partial charge in [-0.3, -0.25) is 9.48 Å². The van der Waals surface area contributed by atoms with Crippen molar-refractivity contribution < 1.29 is 0 Å². The predicted octanol–water partition coefficient (Wildman–Crippen LogP) is 3.61. The molecule has 0 aliphatic carbocycles. The van der Waals surface area contributed by atoms with E-state index in [4.69, 9.17) is 0 Å². The van der Waals surface area contributed by atoms with Crippen molar-refractivity contribution in [1.82, 2.24) is 9.36 Å². The topological polar surface area (TPSA) is 26.9 Å². The fraction of sp³-hybridized carbons (Fsp3) is 0.0625. The molecule has 0 fully saturated rings. The first-order chi connectivity index (χ1) is 9.66. The van der Waals surface area contributed by atoms with Gasteiger partial charge in [0.1, 0.15) is 0 Å². The van der Waals surface area contributed by atoms with Crippen LogP contribution in [-0.4, -0.2) is 9.36 Å². The van der Waals surface area contributed by atoms with E-state index >= 15 is 0 Å². The molecule has 0 unspecified atom stereocenters. The van der Waals surface area contributed by atoms with Gasteiger partial charge in [0.15, 0.2) is 0 Å². The molecule has 0 N–H and O–H groups in total. The normalized spacial score (nSPS) is 10.7. The fourth-order valence-electron chi connectivity index (χ4n) is 2.28. The molecule has 1 heterocycles. The van der Waals surface area contributed by atoms with Crippen LogP contribution in [-0.2, 0) is 7.05 Å². The van der Waals surface area contributed by atoms with Gasteiger partial charge in [0, 0.05) is 17.7 Å². The molecule has 1 aromatic heterocycles. The number of aromatic nitrogens is 2. The monoisotopic (exact) mass is 328 g/mol. The highest BCUT2D eigenvalue weighted by Crippen LogP contribution is 2.21. The Kier molecular flexibility index (Phi) is 3.32. The van der Waals surface area contributed by atoms with Gasteiger partial charge < -0.3 is 0 Å². The smallest absolute Gasteiger partial charge is 0.279 e. The van der Waals surface area contributed by atoms with Crippen molar-refractivity contribution >= 4 is 15.9 Å². The van der Waals surface area contributed by atoms with Crippen LogP contribution in [0, 0.1) is 0 Å². The first-order valence-corrected chi connectivity index (χ1v) is 7.06. The van der Waals surface area contributed by atoms with Crippen LogP contribution < -0.4 is 5.56 Å². The molecule has 0 spiro atoms. The first kappa shape index (κ1) is 12.9. The molecule has 0 atom stereocenters. The largest absolute Gasteiger partial charge is 0.288 e. The van der Waals surface area contributed by atoms with E-state index in [0.29, 0.717) is 5.56 Å². The number of rotatable bonds is 2. The number of benzene rings is 2. The Morgan fingerprint density at radius 3 is 2.45 bits per heavy atom. The van der Waals surface area contributed by atoms with Gasteiger partial charge in [-0.2, -0.15) is 0 Å². The molecule has 0 saturated carbocycles. The van der Waals surface area contributed by atoms with Gasteiger partial charge in [-0.15, -0.1) is 0 Å². The van der Waals surface area contributed by atoms with E-state index < -0.39 is 0 Å². The highest BCUT2D eigenvalue weighted by atomic mass is 79.9. The molecule has 0 aliphatic heterocycles. The molecule has 3 aromatic rings. The second kappa shape index (κ2) is 5.13. The SMILES string of the molecule is Cn1cc(-c2cccc(Br)c2)c(=O)n1-c1ccccc1. The van der Waals surface area contributed by atoms with Crippen LogP contribution in [0.3, 0.4) is 0 Å². The molecule has 0 bridgehead atoms. The molecule has 0 amide bonds. The minimum absolute atomic E-state index is 0.0169. The van der Waals surface area contributed by atoms with E-state index in [1.807, 2.05) is 72.5 Å². The van der Waals surface area contributed by atoms with Crippen molar-refractivity contribution in [3.05, 3.63) is 75.6 Å². The van der Waals surface area contributed by atoms with Crippen molar-refractivity contribution in [1.29, 1.82) is 0 Å². The van der Waals surface area contributed by atoms with Gasteiger partial charge in [-0.05, 0) is 29.8 Å². The van der Waals surface area contributed by atoms with E-state index in [2.05, 4.69) is 15.9 Å². The standard InChI is InChI=1S/C16H13BrN2O/c1-18-11-15(12-6-5-7-13(17)10-12)16(20)19(18)14-8-3-2-4-9-14/h2-11H,1H3. The molecule has 100 valence electrons. The van der Waals surface area contributed by atoms with Gasteiger partial charge in [-0.25, -0.2) is 4.68 Å². The predicted molar refractivity (Wildman–Crippen MR) is 84.1 cm³/mol. The van der Waals surface area contributed by atoms with Crippen LogP contribution >= 0.6 is 15.9 Å². The zero-order chi connectivity index (χ0) is 14.1. The van der Waals surface area contributed by atoms with Crippen molar-refractivity contribution in [2.24, 2.45) is 7.05 Å². The number of halogens is 1. The maximum absolute atomic E-state index is 12.6. The van der Waals surface area contributed by atoms with Gasteiger partial charge in [0.2, 0.25) is 0 Å². The summed E-state index contributed by atoms with van der Waals surface area (Å²) in [5.74, 6) is 0. The summed E-state index contributed by atoms with van der Waals surface area (Å²) in [6.45, 7) is 0. The summed E-state index contributed by atoms with van der Waals surface area (Å²) in [6, 6.07) is 17.4. The van der Waals surface area contributed by atoms with E-state index in [1.54, 1.807) is 4.68 Å². The van der Waals surface area contributed by atoms with Crippen LogP contribution in [0.1, 0.15) is 0 Å². The molecule has 3 nitrogen and oxygen atoms in total. The molecule has 0 radical (unpaired) electrons. The zero-order valence-corrected chi connectivity index (χ0v) is 12.5. The summed E-state index contributed by atoms with van der Waals surface area (Å²) in [6.07, 6.45) is 1.86. The maximum Gasteiger partial charge on any atom is 0.279 e. The number of hydrogen-bond acceptors (Lipinski definition) is 1. The van der Waals surface area contributed by atoms with Crippen LogP contribution in [0.4, 0.5) is 0 Å². The average molecular weight is 329 g/mol. The lowest BCUT2D eigenvalue weighted by atomic mass is 10.1. The third-order valence-electron chi connectivity index (χ3n) is 3.19. The Balaban J connectivity index is 2.20. The quantitative estimate of drug-likeness (QED) is 0.706. The van der Waals surface area contributed by atoms with Gasteiger partial charge >= 0.3 is 0 Å². The number of hydrogen-bond donors (Lipinski definition) is 0. The molecule has 4 heteroatoms. The Morgan fingerprint density at radius 1 is 1.00 bits per heavy atom. The van der Waals surface area contributed by atoms with Crippen molar-refractivity contribution in [3.63, 3.8) is 0 Å². The van der Waals surface area contributed by atoms with Crippen LogP contribution in [0.15, 0.2) is 70.1 Å². The van der Waals surface area contributed by atoms with E-state index in [9.17, 15) is 4.79 Å². The molecule has 0 saturated heterocycles. The summed E-state index contributed by atoms with van der Waals surface area (Å²) in [7, 11) is 1.87. The Morgan fingerprint density at radius 2 is 1.75 bits per heavy atom. The lowest BCUT2D eigenvalue weighted by Gasteiger charge is -2.05. The van der Waals surface area contributed by atoms with Gasteiger partial charge in [0.05, 0.1) is 11.3 Å². The highest BCUT2D eigenvalue weighted by molar-refractivity contribution is 9.10. The Labute approximate surface area is 125 Å². The minimum Gasteiger partial charge on any atom is -0.288 e. The van der Waals surface area contributed by atoms with Gasteiger partial charge in [0.25, 0.3) is 5.56 Å². The average Bonchev–Trinajstić information content (AvgIpc) is 2.75. The lowest BCUT2D eigenvalue weighted by molar-refractivity contribution is 0.646. The Hall–Kier alpha value is -2.07. The van der Waals surface area contributed by atoms with Gasteiger partial charge in [-0.1, -0.05) is 46.3 Å². The molecule has 20 heavy (non-hydrogen) atoms. The second-order valence-corrected chi connectivity index (χ2v) is 5.49. The van der Waals surface area contributed by atoms with E-state index in [-0.39, 0.29) is 5.56 Å². The van der Waals surface area contributed by atoms with E-state index in [1.165, 1.54) is 0 Å². The summed E-state index contributed by atoms with van der Waals surface area (Å²) in [4.78, 5) is 12.6. The summed E-state index contributed by atoms with van der Waals surface area (Å²) >= 11 is 3.44. The first-order valence-electron chi connectivity index (χ1n) is 6.27. The molecular weight excluding hydrogens is 316 g/mol. The number of para-hydroxylation sites is 1. The van der Waals surface area contributed by atoms with Crippen LogP contribution in [0.5, 0.6) is 0 Å². The van der Waals surface area contributed by atoms with E-state index in [0.717, 1.165) is 15.7 Å². The summed E-state index contributed by atoms with van der Waals surface area (Å²) in [5, 5.41) is 0. The third-order valence-corrected chi connectivity index (χ3v) is 3.68. The number of aryl methyl sites for hydroxylation is 1.